The summed E-state index contributed by atoms with van der Waals surface area (Å²) in [5, 5.41) is 21.6. The number of carbonyl (C=O) groups is 2. The maximum absolute atomic E-state index is 12.1. The van der Waals surface area contributed by atoms with Gasteiger partial charge in [-0.1, -0.05) is 6.92 Å². The summed E-state index contributed by atoms with van der Waals surface area (Å²) in [7, 11) is 0. The van der Waals surface area contributed by atoms with Crippen LogP contribution < -0.4 is 10.6 Å². The molecule has 21 heavy (non-hydrogen) atoms. The minimum atomic E-state index is -1.16. The van der Waals surface area contributed by atoms with Crippen molar-refractivity contribution >= 4 is 17.7 Å². The number of rotatable bonds is 3. The summed E-state index contributed by atoms with van der Waals surface area (Å²) in [6.45, 7) is 5.67. The molecule has 1 saturated carbocycles. The highest BCUT2D eigenvalue weighted by molar-refractivity contribution is 5.94. The zero-order valence-electron chi connectivity index (χ0n) is 12.6. The number of nitrogens with one attached hydrogen (secondary N) is 3. The second kappa shape index (κ2) is 5.75. The van der Waals surface area contributed by atoms with Crippen LogP contribution in [-0.4, -0.2) is 32.8 Å². The van der Waals surface area contributed by atoms with E-state index in [1.54, 1.807) is 13.8 Å². The molecule has 0 unspecified atom stereocenters. The molecule has 1 aliphatic carbocycles. The molecule has 4 N–H and O–H groups in total. The third-order valence-corrected chi connectivity index (χ3v) is 4.26. The number of hydrogen-bond donors (Lipinski definition) is 4. The van der Waals surface area contributed by atoms with Crippen molar-refractivity contribution in [1.82, 2.24) is 15.5 Å². The standard InChI is InChI=1S/C14H22N4O3/c1-8-4-6-14(7-5-8,12(19)20)16-13(21)15-11-9(2)17-18-10(11)3/h8H,4-7H2,1-3H3,(H,17,18)(H,19,20)(H2,15,16,21). The number of H-pyrrole nitrogens is 1. The van der Waals surface area contributed by atoms with Gasteiger partial charge in [0.1, 0.15) is 5.54 Å². The van der Waals surface area contributed by atoms with Gasteiger partial charge in [0, 0.05) is 0 Å². The number of amides is 2. The van der Waals surface area contributed by atoms with Gasteiger partial charge in [-0.15, -0.1) is 0 Å². The largest absolute Gasteiger partial charge is 0.480 e. The Hall–Kier alpha value is -2.05. The van der Waals surface area contributed by atoms with E-state index >= 15 is 0 Å². The van der Waals surface area contributed by atoms with Crippen molar-refractivity contribution < 1.29 is 14.7 Å². The van der Waals surface area contributed by atoms with E-state index in [1.165, 1.54) is 0 Å². The summed E-state index contributed by atoms with van der Waals surface area (Å²) in [5.41, 5.74) is 0.841. The monoisotopic (exact) mass is 294 g/mol. The number of aromatic nitrogens is 2. The number of aromatic amines is 1. The van der Waals surface area contributed by atoms with Crippen LogP contribution in [0.2, 0.25) is 0 Å². The summed E-state index contributed by atoms with van der Waals surface area (Å²) in [5.74, 6) is -0.467. The Morgan fingerprint density at radius 1 is 1.33 bits per heavy atom. The molecular formula is C14H22N4O3. The van der Waals surface area contributed by atoms with Crippen LogP contribution in [0.15, 0.2) is 0 Å². The van der Waals surface area contributed by atoms with Gasteiger partial charge in [0.05, 0.1) is 17.1 Å². The van der Waals surface area contributed by atoms with Gasteiger partial charge >= 0.3 is 12.0 Å². The van der Waals surface area contributed by atoms with Crippen LogP contribution in [0.5, 0.6) is 0 Å². The van der Waals surface area contributed by atoms with Crippen molar-refractivity contribution in [1.29, 1.82) is 0 Å². The average molecular weight is 294 g/mol. The maximum atomic E-state index is 12.1. The van der Waals surface area contributed by atoms with Gasteiger partial charge in [0.25, 0.3) is 0 Å². The molecule has 1 heterocycles. The molecule has 0 atom stereocenters. The normalized spacial score (nSPS) is 25.4. The molecular weight excluding hydrogens is 272 g/mol. The van der Waals surface area contributed by atoms with Crippen molar-refractivity contribution in [2.75, 3.05) is 5.32 Å². The summed E-state index contributed by atoms with van der Waals surface area (Å²) in [4.78, 5) is 23.7. The Bertz CT molecular complexity index is 525. The number of nitrogens with zero attached hydrogens (tertiary/aromatic N) is 1. The molecule has 1 aromatic rings. The van der Waals surface area contributed by atoms with Gasteiger partial charge in [-0.25, -0.2) is 9.59 Å². The van der Waals surface area contributed by atoms with Crippen molar-refractivity contribution in [2.24, 2.45) is 5.92 Å². The number of aliphatic carboxylic acids is 1. The van der Waals surface area contributed by atoms with Crippen LogP contribution in [0, 0.1) is 19.8 Å². The molecule has 0 bridgehead atoms. The van der Waals surface area contributed by atoms with Crippen LogP contribution in [0.3, 0.4) is 0 Å². The molecule has 0 aromatic carbocycles. The Balaban J connectivity index is 2.07. The number of anilines is 1. The van der Waals surface area contributed by atoms with E-state index in [9.17, 15) is 14.7 Å². The number of aryl methyl sites for hydroxylation is 2. The van der Waals surface area contributed by atoms with E-state index in [2.05, 4.69) is 27.8 Å². The highest BCUT2D eigenvalue weighted by atomic mass is 16.4. The quantitative estimate of drug-likeness (QED) is 0.685. The second-order valence-corrected chi connectivity index (χ2v) is 5.96. The first kappa shape index (κ1) is 15.3. The zero-order valence-corrected chi connectivity index (χ0v) is 12.6. The molecule has 1 aromatic heterocycles. The predicted octanol–water partition coefficient (Wildman–Crippen LogP) is 2.18. The van der Waals surface area contributed by atoms with Gasteiger partial charge in [-0.2, -0.15) is 5.10 Å². The second-order valence-electron chi connectivity index (χ2n) is 5.96. The van der Waals surface area contributed by atoms with Crippen molar-refractivity contribution in [3.05, 3.63) is 11.4 Å². The first-order chi connectivity index (χ1) is 9.84. The first-order valence-electron chi connectivity index (χ1n) is 7.18. The van der Waals surface area contributed by atoms with Crippen LogP contribution in [-0.2, 0) is 4.79 Å². The lowest BCUT2D eigenvalue weighted by Gasteiger charge is -2.36. The Kier molecular flexibility index (Phi) is 4.20. The van der Waals surface area contributed by atoms with Crippen molar-refractivity contribution in [3.63, 3.8) is 0 Å². The fourth-order valence-electron chi connectivity index (χ4n) is 2.74. The van der Waals surface area contributed by atoms with Crippen LogP contribution in [0.1, 0.15) is 44.0 Å². The lowest BCUT2D eigenvalue weighted by molar-refractivity contribution is -0.146. The number of carboxylic acids is 1. The molecule has 0 aliphatic heterocycles. The fourth-order valence-corrected chi connectivity index (χ4v) is 2.74. The van der Waals surface area contributed by atoms with Crippen molar-refractivity contribution in [2.45, 2.75) is 52.0 Å². The summed E-state index contributed by atoms with van der Waals surface area (Å²) < 4.78 is 0. The van der Waals surface area contributed by atoms with Gasteiger partial charge in [-0.05, 0) is 45.4 Å². The summed E-state index contributed by atoms with van der Waals surface area (Å²) in [6.07, 6.45) is 2.52. The zero-order chi connectivity index (χ0) is 15.6. The number of carbonyl (C=O) groups excluding carboxylic acids is 1. The van der Waals surface area contributed by atoms with Gasteiger partial charge < -0.3 is 15.7 Å². The smallest absolute Gasteiger partial charge is 0.329 e. The average Bonchev–Trinajstić information content (AvgIpc) is 2.73. The topological polar surface area (TPSA) is 107 Å². The van der Waals surface area contributed by atoms with E-state index in [0.717, 1.165) is 18.5 Å². The molecule has 2 amide bonds. The highest BCUT2D eigenvalue weighted by Crippen LogP contribution is 2.32. The Labute approximate surface area is 123 Å². The van der Waals surface area contributed by atoms with Crippen LogP contribution >= 0.6 is 0 Å². The van der Waals surface area contributed by atoms with Crippen molar-refractivity contribution in [3.8, 4) is 0 Å². The van der Waals surface area contributed by atoms with Gasteiger partial charge in [0.2, 0.25) is 0 Å². The minimum absolute atomic E-state index is 0.459. The molecule has 0 spiro atoms. The van der Waals surface area contributed by atoms with Crippen LogP contribution in [0.4, 0.5) is 10.5 Å². The molecule has 116 valence electrons. The lowest BCUT2D eigenvalue weighted by atomic mass is 9.77. The number of hydrogen-bond acceptors (Lipinski definition) is 3. The Morgan fingerprint density at radius 3 is 2.43 bits per heavy atom. The molecule has 0 saturated heterocycles. The lowest BCUT2D eigenvalue weighted by Crippen LogP contribution is -2.57. The number of carboxylic acid groups (broad SMARTS) is 1. The molecule has 1 aliphatic rings. The van der Waals surface area contributed by atoms with Gasteiger partial charge in [-0.3, -0.25) is 5.10 Å². The third kappa shape index (κ3) is 3.17. The minimum Gasteiger partial charge on any atom is -0.480 e. The van der Waals surface area contributed by atoms with E-state index in [0.29, 0.717) is 30.1 Å². The van der Waals surface area contributed by atoms with Gasteiger partial charge in [0.15, 0.2) is 0 Å². The fraction of sp³-hybridized carbons (Fsp3) is 0.643. The molecule has 0 radical (unpaired) electrons. The molecule has 7 heteroatoms. The summed E-state index contributed by atoms with van der Waals surface area (Å²) >= 11 is 0. The maximum Gasteiger partial charge on any atom is 0.329 e. The SMILES string of the molecule is Cc1n[nH]c(C)c1NC(=O)NC1(C(=O)O)CCC(C)CC1. The third-order valence-electron chi connectivity index (χ3n) is 4.26. The van der Waals surface area contributed by atoms with E-state index in [-0.39, 0.29) is 0 Å². The summed E-state index contributed by atoms with van der Waals surface area (Å²) in [6, 6.07) is -0.500. The molecule has 2 rings (SSSR count). The van der Waals surface area contributed by atoms with E-state index in [4.69, 9.17) is 0 Å². The predicted molar refractivity (Wildman–Crippen MR) is 78.2 cm³/mol. The highest BCUT2D eigenvalue weighted by Gasteiger charge is 2.42. The van der Waals surface area contributed by atoms with E-state index < -0.39 is 17.5 Å². The Morgan fingerprint density at radius 2 is 1.95 bits per heavy atom. The van der Waals surface area contributed by atoms with Crippen LogP contribution in [0.25, 0.3) is 0 Å². The molecule has 7 nitrogen and oxygen atoms in total. The first-order valence-corrected chi connectivity index (χ1v) is 7.18. The van der Waals surface area contributed by atoms with E-state index in [1.807, 2.05) is 0 Å². The number of urea groups is 1. The molecule has 1 fully saturated rings.